The Kier molecular flexibility index (Phi) is 2.66. The van der Waals surface area contributed by atoms with Crippen LogP contribution in [0.15, 0.2) is 18.2 Å². The molecule has 0 saturated heterocycles. The molecule has 0 bridgehead atoms. The zero-order chi connectivity index (χ0) is 11.9. The molecule has 88 valence electrons. The number of anilines is 1. The Labute approximate surface area is 95.7 Å². The maximum atomic E-state index is 13.8. The van der Waals surface area contributed by atoms with Crippen molar-refractivity contribution in [3.05, 3.63) is 29.6 Å². The third-order valence-corrected chi connectivity index (χ3v) is 3.36. The lowest BCUT2D eigenvalue weighted by atomic mass is 9.86. The predicted molar refractivity (Wildman–Crippen MR) is 63.3 cm³/mol. The third kappa shape index (κ3) is 1.69. The van der Waals surface area contributed by atoms with E-state index in [0.717, 1.165) is 12.2 Å². The summed E-state index contributed by atoms with van der Waals surface area (Å²) in [5.41, 5.74) is 0.701. The summed E-state index contributed by atoms with van der Waals surface area (Å²) in [6.45, 7) is 7.06. The smallest absolute Gasteiger partial charge is 0.128 e. The Bertz CT molecular complexity index is 397. The van der Waals surface area contributed by atoms with Crippen LogP contribution in [-0.4, -0.2) is 23.8 Å². The average molecular weight is 223 g/mol. The molecule has 0 spiro atoms. The van der Waals surface area contributed by atoms with Gasteiger partial charge in [-0.3, -0.25) is 0 Å². The SMILES string of the molecule is CCN1CC(C(C)(C)O)c2c(F)cccc21. The number of hydrogen-bond donors (Lipinski definition) is 1. The van der Waals surface area contributed by atoms with Crippen LogP contribution >= 0.6 is 0 Å². The fraction of sp³-hybridized carbons (Fsp3) is 0.538. The van der Waals surface area contributed by atoms with Gasteiger partial charge in [-0.2, -0.15) is 0 Å². The summed E-state index contributed by atoms with van der Waals surface area (Å²) in [5, 5.41) is 10.1. The molecular formula is C13H18FNO. The lowest BCUT2D eigenvalue weighted by Gasteiger charge is -2.26. The number of rotatable bonds is 2. The van der Waals surface area contributed by atoms with Gasteiger partial charge in [-0.15, -0.1) is 0 Å². The molecule has 0 saturated carbocycles. The molecule has 1 aromatic rings. The Balaban J connectivity index is 2.52. The highest BCUT2D eigenvalue weighted by Crippen LogP contribution is 2.42. The minimum absolute atomic E-state index is 0.149. The number of hydrogen-bond acceptors (Lipinski definition) is 2. The summed E-state index contributed by atoms with van der Waals surface area (Å²) in [6, 6.07) is 5.12. The zero-order valence-corrected chi connectivity index (χ0v) is 10.00. The van der Waals surface area contributed by atoms with Crippen molar-refractivity contribution in [1.82, 2.24) is 0 Å². The lowest BCUT2D eigenvalue weighted by molar-refractivity contribution is 0.0538. The molecule has 0 aliphatic carbocycles. The van der Waals surface area contributed by atoms with Crippen molar-refractivity contribution in [2.45, 2.75) is 32.3 Å². The van der Waals surface area contributed by atoms with Gasteiger partial charge in [-0.25, -0.2) is 4.39 Å². The maximum Gasteiger partial charge on any atom is 0.128 e. The normalized spacial score (nSPS) is 20.1. The van der Waals surface area contributed by atoms with Gasteiger partial charge in [0.2, 0.25) is 0 Å². The Morgan fingerprint density at radius 2 is 2.19 bits per heavy atom. The summed E-state index contributed by atoms with van der Waals surface area (Å²) in [5.74, 6) is -0.357. The van der Waals surface area contributed by atoms with Crippen LogP contribution in [-0.2, 0) is 0 Å². The largest absolute Gasteiger partial charge is 0.390 e. The zero-order valence-electron chi connectivity index (χ0n) is 10.00. The Hall–Kier alpha value is -1.09. The van der Waals surface area contributed by atoms with Crippen LogP contribution in [0.1, 0.15) is 32.3 Å². The van der Waals surface area contributed by atoms with Crippen molar-refractivity contribution in [3.8, 4) is 0 Å². The molecular weight excluding hydrogens is 205 g/mol. The van der Waals surface area contributed by atoms with Crippen molar-refractivity contribution in [2.24, 2.45) is 0 Å². The number of aliphatic hydroxyl groups is 1. The molecule has 2 rings (SSSR count). The van der Waals surface area contributed by atoms with E-state index in [1.54, 1.807) is 19.9 Å². The summed E-state index contributed by atoms with van der Waals surface area (Å²) >= 11 is 0. The quantitative estimate of drug-likeness (QED) is 0.832. The summed E-state index contributed by atoms with van der Waals surface area (Å²) < 4.78 is 13.8. The van der Waals surface area contributed by atoms with Gasteiger partial charge in [0.05, 0.1) is 5.60 Å². The van der Waals surface area contributed by atoms with Crippen molar-refractivity contribution in [1.29, 1.82) is 0 Å². The van der Waals surface area contributed by atoms with Crippen LogP contribution in [0, 0.1) is 5.82 Å². The van der Waals surface area contributed by atoms with E-state index in [4.69, 9.17) is 0 Å². The van der Waals surface area contributed by atoms with Crippen molar-refractivity contribution < 1.29 is 9.50 Å². The summed E-state index contributed by atoms with van der Waals surface area (Å²) in [7, 11) is 0. The Morgan fingerprint density at radius 3 is 2.75 bits per heavy atom. The molecule has 0 amide bonds. The molecule has 1 unspecified atom stereocenters. The summed E-state index contributed by atoms with van der Waals surface area (Å²) in [4.78, 5) is 2.11. The fourth-order valence-electron chi connectivity index (χ4n) is 2.43. The second kappa shape index (κ2) is 3.74. The van der Waals surface area contributed by atoms with E-state index in [9.17, 15) is 9.50 Å². The fourth-order valence-corrected chi connectivity index (χ4v) is 2.43. The van der Waals surface area contributed by atoms with Gasteiger partial charge >= 0.3 is 0 Å². The van der Waals surface area contributed by atoms with Crippen molar-refractivity contribution >= 4 is 5.69 Å². The number of nitrogens with zero attached hydrogens (tertiary/aromatic N) is 1. The van der Waals surface area contributed by atoms with Crippen molar-refractivity contribution in [3.63, 3.8) is 0 Å². The van der Waals surface area contributed by atoms with E-state index in [0.29, 0.717) is 12.1 Å². The molecule has 0 fully saturated rings. The van der Waals surface area contributed by atoms with Gasteiger partial charge < -0.3 is 10.0 Å². The second-order valence-electron chi connectivity index (χ2n) is 4.92. The molecule has 16 heavy (non-hydrogen) atoms. The molecule has 1 aliphatic rings. The van der Waals surface area contributed by atoms with Gasteiger partial charge in [0.15, 0.2) is 0 Å². The van der Waals surface area contributed by atoms with E-state index < -0.39 is 5.60 Å². The Morgan fingerprint density at radius 1 is 1.50 bits per heavy atom. The topological polar surface area (TPSA) is 23.5 Å². The van der Waals surface area contributed by atoms with Gasteiger partial charge in [0, 0.05) is 30.3 Å². The number of likely N-dealkylation sites (N-methyl/N-ethyl adjacent to an activating group) is 1. The first-order valence-corrected chi connectivity index (χ1v) is 5.71. The average Bonchev–Trinajstić information content (AvgIpc) is 2.57. The van der Waals surface area contributed by atoms with Crippen LogP contribution in [0.3, 0.4) is 0 Å². The highest BCUT2D eigenvalue weighted by atomic mass is 19.1. The molecule has 1 aromatic carbocycles. The molecule has 3 heteroatoms. The molecule has 2 nitrogen and oxygen atoms in total. The van der Waals surface area contributed by atoms with Gasteiger partial charge in [0.1, 0.15) is 5.82 Å². The highest BCUT2D eigenvalue weighted by Gasteiger charge is 2.39. The van der Waals surface area contributed by atoms with Gasteiger partial charge in [-0.1, -0.05) is 6.07 Å². The highest BCUT2D eigenvalue weighted by molar-refractivity contribution is 5.61. The van der Waals surface area contributed by atoms with Gasteiger partial charge in [-0.05, 0) is 32.9 Å². The van der Waals surface area contributed by atoms with E-state index >= 15 is 0 Å². The number of benzene rings is 1. The predicted octanol–water partition coefficient (Wildman–Crippen LogP) is 2.52. The van der Waals surface area contributed by atoms with Gasteiger partial charge in [0.25, 0.3) is 0 Å². The molecule has 0 aromatic heterocycles. The van der Waals surface area contributed by atoms with Crippen LogP contribution < -0.4 is 4.90 Å². The van der Waals surface area contributed by atoms with E-state index in [2.05, 4.69) is 4.90 Å². The minimum Gasteiger partial charge on any atom is -0.390 e. The van der Waals surface area contributed by atoms with E-state index in [1.807, 2.05) is 13.0 Å². The van der Waals surface area contributed by atoms with E-state index in [-0.39, 0.29) is 11.7 Å². The molecule has 1 aliphatic heterocycles. The molecule has 1 N–H and O–H groups in total. The monoisotopic (exact) mass is 223 g/mol. The third-order valence-electron chi connectivity index (χ3n) is 3.36. The minimum atomic E-state index is -0.888. The van der Waals surface area contributed by atoms with Crippen LogP contribution in [0.4, 0.5) is 10.1 Å². The standard InChI is InChI=1S/C13H18FNO/c1-4-15-8-9(13(2,3)16)12-10(14)6-5-7-11(12)15/h5-7,9,16H,4,8H2,1-3H3. The van der Waals surface area contributed by atoms with Crippen LogP contribution in [0.5, 0.6) is 0 Å². The first-order valence-electron chi connectivity index (χ1n) is 5.71. The van der Waals surface area contributed by atoms with Crippen LogP contribution in [0.2, 0.25) is 0 Å². The first kappa shape index (κ1) is 11.4. The number of fused-ring (bicyclic) bond motifs is 1. The van der Waals surface area contributed by atoms with E-state index in [1.165, 1.54) is 6.07 Å². The molecule has 1 heterocycles. The van der Waals surface area contributed by atoms with Crippen molar-refractivity contribution in [2.75, 3.05) is 18.0 Å². The first-order chi connectivity index (χ1) is 7.45. The number of halogens is 1. The second-order valence-corrected chi connectivity index (χ2v) is 4.92. The molecule has 0 radical (unpaired) electrons. The van der Waals surface area contributed by atoms with Crippen LogP contribution in [0.25, 0.3) is 0 Å². The summed E-state index contributed by atoms with van der Waals surface area (Å²) in [6.07, 6.45) is 0. The lowest BCUT2D eigenvalue weighted by Crippen LogP contribution is -2.33. The maximum absolute atomic E-state index is 13.8. The molecule has 1 atom stereocenters.